The second-order valence-corrected chi connectivity index (χ2v) is 10.7. The SMILES string of the molecule is O=C(C=C(c1ccccc1)c1cccc(N(Cc2cccnc2)S(=O)(=O)c2ccc3ccccc3c2)c1)NO. The minimum absolute atomic E-state index is 0.0496. The molecule has 2 N–H and O–H groups in total. The van der Waals surface area contributed by atoms with E-state index in [0.29, 0.717) is 22.4 Å². The zero-order valence-corrected chi connectivity index (χ0v) is 21.6. The van der Waals surface area contributed by atoms with Crippen molar-refractivity contribution in [1.82, 2.24) is 10.5 Å². The van der Waals surface area contributed by atoms with Gasteiger partial charge in [-0.05, 0) is 63.4 Å². The van der Waals surface area contributed by atoms with Crippen molar-refractivity contribution in [1.29, 1.82) is 0 Å². The van der Waals surface area contributed by atoms with Crippen molar-refractivity contribution in [3.8, 4) is 0 Å². The van der Waals surface area contributed by atoms with E-state index < -0.39 is 15.9 Å². The summed E-state index contributed by atoms with van der Waals surface area (Å²) in [7, 11) is -4.01. The Morgan fingerprint density at radius 2 is 1.56 bits per heavy atom. The van der Waals surface area contributed by atoms with Gasteiger partial charge in [0.15, 0.2) is 0 Å². The summed E-state index contributed by atoms with van der Waals surface area (Å²) >= 11 is 0. The highest BCUT2D eigenvalue weighted by atomic mass is 32.2. The van der Waals surface area contributed by atoms with Crippen LogP contribution in [0.2, 0.25) is 0 Å². The van der Waals surface area contributed by atoms with E-state index in [9.17, 15) is 13.2 Å². The van der Waals surface area contributed by atoms with Crippen LogP contribution in [0.15, 0.2) is 133 Å². The number of anilines is 1. The molecule has 194 valence electrons. The summed E-state index contributed by atoms with van der Waals surface area (Å²) in [6, 6.07) is 32.4. The van der Waals surface area contributed by atoms with Crippen LogP contribution in [0, 0.1) is 0 Å². The zero-order chi connectivity index (χ0) is 27.2. The first-order valence-corrected chi connectivity index (χ1v) is 13.6. The van der Waals surface area contributed by atoms with Gasteiger partial charge in [0.25, 0.3) is 15.9 Å². The molecule has 5 aromatic rings. The molecular weight excluding hydrogens is 510 g/mol. The molecule has 1 amide bonds. The quantitative estimate of drug-likeness (QED) is 0.154. The number of pyridine rings is 1. The van der Waals surface area contributed by atoms with E-state index in [0.717, 1.165) is 16.3 Å². The zero-order valence-electron chi connectivity index (χ0n) is 20.8. The minimum Gasteiger partial charge on any atom is -0.288 e. The second kappa shape index (κ2) is 11.3. The van der Waals surface area contributed by atoms with E-state index in [2.05, 4.69) is 4.98 Å². The van der Waals surface area contributed by atoms with Crippen LogP contribution in [0.25, 0.3) is 16.3 Å². The number of sulfonamides is 1. The third-order valence-corrected chi connectivity index (χ3v) is 8.04. The maximum absolute atomic E-state index is 14.1. The lowest BCUT2D eigenvalue weighted by molar-refractivity contribution is -0.124. The largest absolute Gasteiger partial charge is 0.288 e. The molecule has 8 heteroatoms. The maximum Gasteiger partial charge on any atom is 0.267 e. The number of benzene rings is 4. The van der Waals surface area contributed by atoms with Crippen LogP contribution in [0.3, 0.4) is 0 Å². The lowest BCUT2D eigenvalue weighted by atomic mass is 9.97. The van der Waals surface area contributed by atoms with Crippen molar-refractivity contribution in [3.63, 3.8) is 0 Å². The average Bonchev–Trinajstić information content (AvgIpc) is 2.99. The van der Waals surface area contributed by atoms with Crippen LogP contribution in [0.4, 0.5) is 5.69 Å². The first kappa shape index (κ1) is 25.8. The second-order valence-electron chi connectivity index (χ2n) is 8.83. The number of carbonyl (C=O) groups excluding carboxylic acids is 1. The van der Waals surface area contributed by atoms with E-state index in [1.807, 2.05) is 60.7 Å². The maximum atomic E-state index is 14.1. The Balaban J connectivity index is 1.64. The molecule has 0 unspecified atom stereocenters. The van der Waals surface area contributed by atoms with Crippen molar-refractivity contribution in [2.45, 2.75) is 11.4 Å². The molecule has 0 atom stereocenters. The summed E-state index contributed by atoms with van der Waals surface area (Å²) in [6.45, 7) is 0.0496. The van der Waals surface area contributed by atoms with Gasteiger partial charge in [-0.15, -0.1) is 0 Å². The smallest absolute Gasteiger partial charge is 0.267 e. The summed E-state index contributed by atoms with van der Waals surface area (Å²) in [6.07, 6.45) is 4.54. The van der Waals surface area contributed by atoms with Crippen molar-refractivity contribution in [2.75, 3.05) is 4.31 Å². The van der Waals surface area contributed by atoms with Crippen LogP contribution < -0.4 is 9.79 Å². The fourth-order valence-electron chi connectivity index (χ4n) is 4.37. The van der Waals surface area contributed by atoms with Crippen LogP contribution in [-0.2, 0) is 21.4 Å². The fourth-order valence-corrected chi connectivity index (χ4v) is 5.85. The van der Waals surface area contributed by atoms with Gasteiger partial charge in [0, 0.05) is 18.5 Å². The molecule has 0 saturated heterocycles. The number of amides is 1. The van der Waals surface area contributed by atoms with Gasteiger partial charge in [-0.1, -0.05) is 78.9 Å². The standard InChI is InChI=1S/C31H25N3O4S/c35-31(33-36)20-30(25-10-2-1-3-11-25)27-13-6-14-28(18-27)34(22-23-8-7-17-32-21-23)39(37,38)29-16-15-24-9-4-5-12-26(24)19-29/h1-21,36H,22H2,(H,33,35). The third kappa shape index (κ3) is 5.72. The molecule has 0 fully saturated rings. The molecule has 0 aliphatic carbocycles. The van der Waals surface area contributed by atoms with Crippen molar-refractivity contribution in [3.05, 3.63) is 144 Å². The number of aromatic nitrogens is 1. The van der Waals surface area contributed by atoms with Crippen LogP contribution in [-0.4, -0.2) is 24.5 Å². The molecule has 1 aromatic heterocycles. The number of hydrogen-bond donors (Lipinski definition) is 2. The van der Waals surface area contributed by atoms with Gasteiger partial charge in [-0.25, -0.2) is 13.9 Å². The van der Waals surface area contributed by atoms with E-state index in [4.69, 9.17) is 5.21 Å². The predicted molar refractivity (Wildman–Crippen MR) is 151 cm³/mol. The number of hydrogen-bond acceptors (Lipinski definition) is 5. The van der Waals surface area contributed by atoms with Crippen LogP contribution >= 0.6 is 0 Å². The third-order valence-electron chi connectivity index (χ3n) is 6.27. The van der Waals surface area contributed by atoms with Crippen molar-refractivity contribution >= 4 is 38.0 Å². The molecule has 0 saturated carbocycles. The Labute approximate surface area is 226 Å². The number of nitrogens with zero attached hydrogens (tertiary/aromatic N) is 2. The molecule has 5 rings (SSSR count). The lowest BCUT2D eigenvalue weighted by Crippen LogP contribution is -2.30. The van der Waals surface area contributed by atoms with E-state index >= 15 is 0 Å². The number of fused-ring (bicyclic) bond motifs is 1. The predicted octanol–water partition coefficient (Wildman–Crippen LogP) is 5.57. The Morgan fingerprint density at radius 3 is 2.31 bits per heavy atom. The average molecular weight is 536 g/mol. The van der Waals surface area contributed by atoms with Gasteiger partial charge >= 0.3 is 0 Å². The Kier molecular flexibility index (Phi) is 7.49. The highest BCUT2D eigenvalue weighted by molar-refractivity contribution is 7.92. The fraction of sp³-hybridized carbons (Fsp3) is 0.0323. The molecule has 0 aliphatic heterocycles. The topological polar surface area (TPSA) is 99.6 Å². The number of carbonyl (C=O) groups is 1. The summed E-state index contributed by atoms with van der Waals surface area (Å²) in [4.78, 5) is 16.4. The van der Waals surface area contributed by atoms with E-state index in [-0.39, 0.29) is 11.4 Å². The summed E-state index contributed by atoms with van der Waals surface area (Å²) < 4.78 is 29.6. The number of hydroxylamine groups is 1. The van der Waals surface area contributed by atoms with Gasteiger partial charge in [0.1, 0.15) is 0 Å². The van der Waals surface area contributed by atoms with Crippen LogP contribution in [0.5, 0.6) is 0 Å². The summed E-state index contributed by atoms with van der Waals surface area (Å²) in [5.74, 6) is -0.699. The van der Waals surface area contributed by atoms with Crippen molar-refractivity contribution in [2.24, 2.45) is 0 Å². The molecule has 0 spiro atoms. The Bertz CT molecular complexity index is 1760. The monoisotopic (exact) mass is 535 g/mol. The summed E-state index contributed by atoms with van der Waals surface area (Å²) in [5, 5.41) is 10.9. The molecule has 1 heterocycles. The molecule has 0 radical (unpaired) electrons. The molecule has 4 aromatic carbocycles. The lowest BCUT2D eigenvalue weighted by Gasteiger charge is -2.25. The van der Waals surface area contributed by atoms with E-state index in [1.165, 1.54) is 10.4 Å². The highest BCUT2D eigenvalue weighted by Crippen LogP contribution is 2.32. The van der Waals surface area contributed by atoms with Gasteiger partial charge in [0.2, 0.25) is 0 Å². The van der Waals surface area contributed by atoms with Gasteiger partial charge in [0.05, 0.1) is 17.1 Å². The molecule has 7 nitrogen and oxygen atoms in total. The molecule has 39 heavy (non-hydrogen) atoms. The first-order chi connectivity index (χ1) is 19.0. The van der Waals surface area contributed by atoms with Gasteiger partial charge < -0.3 is 0 Å². The normalized spacial score (nSPS) is 11.8. The number of nitrogens with one attached hydrogen (secondary N) is 1. The Morgan fingerprint density at radius 1 is 0.821 bits per heavy atom. The van der Waals surface area contributed by atoms with Gasteiger partial charge in [-0.3, -0.25) is 19.3 Å². The molecular formula is C31H25N3O4S. The number of rotatable bonds is 8. The summed E-state index contributed by atoms with van der Waals surface area (Å²) in [5.41, 5.74) is 4.62. The van der Waals surface area contributed by atoms with Gasteiger partial charge in [-0.2, -0.15) is 0 Å². The minimum atomic E-state index is -4.01. The molecule has 0 aliphatic rings. The Hall–Kier alpha value is -4.79. The van der Waals surface area contributed by atoms with Crippen LogP contribution in [0.1, 0.15) is 16.7 Å². The first-order valence-electron chi connectivity index (χ1n) is 12.2. The van der Waals surface area contributed by atoms with E-state index in [1.54, 1.807) is 66.4 Å². The molecule has 0 bridgehead atoms. The van der Waals surface area contributed by atoms with Crippen molar-refractivity contribution < 1.29 is 18.4 Å². The highest BCUT2D eigenvalue weighted by Gasteiger charge is 2.26.